The van der Waals surface area contributed by atoms with Crippen LogP contribution in [0.5, 0.6) is 0 Å². The van der Waals surface area contributed by atoms with E-state index >= 15 is 0 Å². The molecule has 0 aromatic carbocycles. The third-order valence-electron chi connectivity index (χ3n) is 4.61. The van der Waals surface area contributed by atoms with Crippen molar-refractivity contribution in [2.24, 2.45) is 17.8 Å². The van der Waals surface area contributed by atoms with E-state index in [-0.39, 0.29) is 11.6 Å². The second-order valence-corrected chi connectivity index (χ2v) is 5.91. The fourth-order valence-electron chi connectivity index (χ4n) is 4.59. The Morgan fingerprint density at radius 1 is 1.06 bits per heavy atom. The van der Waals surface area contributed by atoms with Gasteiger partial charge in [-0.25, -0.2) is 4.79 Å². The molecule has 0 unspecified atom stereocenters. The summed E-state index contributed by atoms with van der Waals surface area (Å²) in [6.45, 7) is 0. The highest BCUT2D eigenvalue weighted by Crippen LogP contribution is 2.55. The largest absolute Gasteiger partial charge is 0.332 e. The Labute approximate surface area is 95.2 Å². The molecule has 0 radical (unpaired) electrons. The molecule has 4 fully saturated rings. The van der Waals surface area contributed by atoms with Crippen molar-refractivity contribution in [3.8, 4) is 0 Å². The summed E-state index contributed by atoms with van der Waals surface area (Å²) < 4.78 is 0. The molecular formula is C12H18N2O2. The number of hydrogen-bond donors (Lipinski definition) is 2. The molecule has 0 aromatic heterocycles. The number of carbonyl (C=O) groups is 2. The summed E-state index contributed by atoms with van der Waals surface area (Å²) in [7, 11) is 0. The molecule has 0 heterocycles. The molecule has 3 amide bonds. The number of rotatable bonds is 2. The van der Waals surface area contributed by atoms with Gasteiger partial charge in [-0.1, -0.05) is 0 Å². The van der Waals surface area contributed by atoms with Crippen LogP contribution in [0, 0.1) is 17.8 Å². The van der Waals surface area contributed by atoms with Gasteiger partial charge in [-0.3, -0.25) is 10.1 Å². The number of imide groups is 1. The van der Waals surface area contributed by atoms with Crippen molar-refractivity contribution in [3.05, 3.63) is 0 Å². The summed E-state index contributed by atoms with van der Waals surface area (Å²) in [6, 6.07) is -0.322. The van der Waals surface area contributed by atoms with Crippen LogP contribution in [0.1, 0.15) is 38.5 Å². The topological polar surface area (TPSA) is 58.2 Å². The van der Waals surface area contributed by atoms with Crippen LogP contribution in [0.25, 0.3) is 0 Å². The normalized spacial score (nSPS) is 44.1. The van der Waals surface area contributed by atoms with Gasteiger partial charge in [0.1, 0.15) is 0 Å². The molecule has 88 valence electrons. The first-order chi connectivity index (χ1) is 7.69. The van der Waals surface area contributed by atoms with Crippen LogP contribution in [0.4, 0.5) is 4.79 Å². The predicted octanol–water partition coefficient (Wildman–Crippen LogP) is 1.41. The van der Waals surface area contributed by atoms with Crippen LogP contribution >= 0.6 is 0 Å². The summed E-state index contributed by atoms with van der Waals surface area (Å²) >= 11 is 0. The molecule has 4 heteroatoms. The Balaban J connectivity index is 1.73. The Hall–Kier alpha value is -1.06. The second-order valence-electron chi connectivity index (χ2n) is 5.91. The smallest absolute Gasteiger partial charge is 0.321 e. The van der Waals surface area contributed by atoms with Crippen molar-refractivity contribution in [3.63, 3.8) is 0 Å². The van der Waals surface area contributed by atoms with Crippen LogP contribution in [0.3, 0.4) is 0 Å². The van der Waals surface area contributed by atoms with E-state index in [1.807, 2.05) is 0 Å². The van der Waals surface area contributed by atoms with Crippen LogP contribution in [-0.4, -0.2) is 18.0 Å². The van der Waals surface area contributed by atoms with E-state index in [0.717, 1.165) is 37.0 Å². The molecule has 0 spiro atoms. The molecule has 4 aliphatic rings. The number of urea groups is 1. The number of hydrogen-bond acceptors (Lipinski definition) is 2. The van der Waals surface area contributed by atoms with Crippen molar-refractivity contribution >= 4 is 12.4 Å². The lowest BCUT2D eigenvalue weighted by molar-refractivity contribution is -0.108. The highest BCUT2D eigenvalue weighted by molar-refractivity contribution is 5.84. The Morgan fingerprint density at radius 3 is 2.00 bits per heavy atom. The maximum Gasteiger partial charge on any atom is 0.321 e. The predicted molar refractivity (Wildman–Crippen MR) is 58.6 cm³/mol. The zero-order valence-corrected chi connectivity index (χ0v) is 9.37. The first-order valence-electron chi connectivity index (χ1n) is 6.21. The van der Waals surface area contributed by atoms with Crippen LogP contribution in [0.15, 0.2) is 0 Å². The van der Waals surface area contributed by atoms with Gasteiger partial charge in [0.2, 0.25) is 6.41 Å². The Kier molecular flexibility index (Phi) is 2.19. The Morgan fingerprint density at radius 2 is 1.56 bits per heavy atom. The van der Waals surface area contributed by atoms with Crippen molar-refractivity contribution in [2.75, 3.05) is 0 Å². The molecule has 4 aliphatic carbocycles. The lowest BCUT2D eigenvalue weighted by atomic mass is 9.53. The van der Waals surface area contributed by atoms with E-state index < -0.39 is 0 Å². The molecule has 2 N–H and O–H groups in total. The fraction of sp³-hybridized carbons (Fsp3) is 0.833. The molecular weight excluding hydrogens is 204 g/mol. The standard InChI is InChI=1S/C12H18N2O2/c15-7-13-11(16)14-12-4-8-1-9(5-12)3-10(2-8)6-12/h7-10H,1-6H2,(H2,13,14,15,16). The van der Waals surface area contributed by atoms with Gasteiger partial charge in [0.25, 0.3) is 0 Å². The van der Waals surface area contributed by atoms with Gasteiger partial charge in [-0.05, 0) is 56.3 Å². The molecule has 0 aliphatic heterocycles. The van der Waals surface area contributed by atoms with Gasteiger partial charge < -0.3 is 5.32 Å². The summed E-state index contributed by atoms with van der Waals surface area (Å²) in [4.78, 5) is 21.7. The third kappa shape index (κ3) is 1.60. The van der Waals surface area contributed by atoms with E-state index in [0.29, 0.717) is 6.41 Å². The molecule has 4 nitrogen and oxygen atoms in total. The van der Waals surface area contributed by atoms with E-state index in [4.69, 9.17) is 0 Å². The molecule has 0 saturated heterocycles. The minimum absolute atomic E-state index is 0.00183. The maximum atomic E-state index is 11.5. The highest BCUT2D eigenvalue weighted by Gasteiger charge is 2.51. The molecule has 0 aromatic rings. The first-order valence-corrected chi connectivity index (χ1v) is 6.21. The van der Waals surface area contributed by atoms with Crippen LogP contribution in [0.2, 0.25) is 0 Å². The van der Waals surface area contributed by atoms with Gasteiger partial charge in [0.15, 0.2) is 0 Å². The summed E-state index contributed by atoms with van der Waals surface area (Å²) in [6.07, 6.45) is 7.88. The SMILES string of the molecule is O=CNC(=O)NC12CC3CC(CC(C3)C1)C2. The molecule has 0 atom stereocenters. The number of nitrogens with one attached hydrogen (secondary N) is 2. The number of carbonyl (C=O) groups excluding carboxylic acids is 2. The minimum Gasteiger partial charge on any atom is -0.332 e. The summed E-state index contributed by atoms with van der Waals surface area (Å²) in [5.74, 6) is 2.42. The Bertz CT molecular complexity index is 292. The third-order valence-corrected chi connectivity index (χ3v) is 4.61. The maximum absolute atomic E-state index is 11.5. The minimum atomic E-state index is -0.322. The van der Waals surface area contributed by atoms with E-state index in [9.17, 15) is 9.59 Å². The zero-order valence-electron chi connectivity index (χ0n) is 9.37. The monoisotopic (exact) mass is 222 g/mol. The molecule has 16 heavy (non-hydrogen) atoms. The van der Waals surface area contributed by atoms with E-state index in [1.165, 1.54) is 19.3 Å². The molecule has 4 saturated carbocycles. The lowest BCUT2D eigenvalue weighted by Crippen LogP contribution is -2.61. The van der Waals surface area contributed by atoms with Crippen LogP contribution in [-0.2, 0) is 4.79 Å². The lowest BCUT2D eigenvalue weighted by Gasteiger charge is -2.56. The zero-order chi connectivity index (χ0) is 11.2. The van der Waals surface area contributed by atoms with Gasteiger partial charge in [0.05, 0.1) is 0 Å². The summed E-state index contributed by atoms with van der Waals surface area (Å²) in [5, 5.41) is 5.23. The van der Waals surface area contributed by atoms with E-state index in [1.54, 1.807) is 0 Å². The van der Waals surface area contributed by atoms with Gasteiger partial charge in [-0.2, -0.15) is 0 Å². The van der Waals surface area contributed by atoms with Crippen molar-refractivity contribution in [1.29, 1.82) is 0 Å². The average Bonchev–Trinajstić information content (AvgIpc) is 2.13. The quantitative estimate of drug-likeness (QED) is 0.694. The first kappa shape index (κ1) is 10.1. The van der Waals surface area contributed by atoms with Crippen molar-refractivity contribution in [2.45, 2.75) is 44.1 Å². The van der Waals surface area contributed by atoms with Crippen LogP contribution < -0.4 is 10.6 Å². The highest BCUT2D eigenvalue weighted by atomic mass is 16.2. The molecule has 4 bridgehead atoms. The fourth-order valence-corrected chi connectivity index (χ4v) is 4.59. The van der Waals surface area contributed by atoms with E-state index in [2.05, 4.69) is 10.6 Å². The number of amides is 3. The van der Waals surface area contributed by atoms with Gasteiger partial charge in [0, 0.05) is 5.54 Å². The van der Waals surface area contributed by atoms with Gasteiger partial charge in [-0.15, -0.1) is 0 Å². The second kappa shape index (κ2) is 3.47. The van der Waals surface area contributed by atoms with Gasteiger partial charge >= 0.3 is 6.03 Å². The van der Waals surface area contributed by atoms with Crippen molar-refractivity contribution < 1.29 is 9.59 Å². The summed E-state index contributed by atoms with van der Waals surface area (Å²) in [5.41, 5.74) is 0.00183. The average molecular weight is 222 g/mol. The molecule has 4 rings (SSSR count). The van der Waals surface area contributed by atoms with Crippen molar-refractivity contribution in [1.82, 2.24) is 10.6 Å².